The van der Waals surface area contributed by atoms with Crippen LogP contribution in [0.15, 0.2) is 127 Å². The Labute approximate surface area is 255 Å². The largest absolute Gasteiger partial charge is 0.291 e. The highest BCUT2D eigenvalue weighted by Gasteiger charge is 2.35. The summed E-state index contributed by atoms with van der Waals surface area (Å²) >= 11 is 0. The molecule has 4 nitrogen and oxygen atoms in total. The number of rotatable bonds is 9. The molecule has 212 valence electrons. The number of aliphatic imine (C=N–C) groups is 1. The maximum Gasteiger partial charge on any atom is 0.141 e. The minimum absolute atomic E-state index is 0.305. The van der Waals surface area contributed by atoms with Crippen molar-refractivity contribution in [1.82, 2.24) is 0 Å². The molecule has 43 heavy (non-hydrogen) atoms. The zero-order chi connectivity index (χ0) is 30.4. The van der Waals surface area contributed by atoms with E-state index in [1.54, 1.807) is 6.08 Å². The molecular weight excluding hydrogens is 524 g/mol. The summed E-state index contributed by atoms with van der Waals surface area (Å²) in [6.45, 7) is 12.3. The van der Waals surface area contributed by atoms with E-state index in [0.29, 0.717) is 11.4 Å². The maximum atomic E-state index is 9.80. The van der Waals surface area contributed by atoms with Crippen LogP contribution in [0, 0.1) is 16.7 Å². The third kappa shape index (κ3) is 5.63. The number of nitriles is 1. The Morgan fingerprint density at radius 3 is 2.00 bits per heavy atom. The molecule has 0 radical (unpaired) electrons. The first kappa shape index (κ1) is 29.2. The first-order chi connectivity index (χ1) is 21.0. The van der Waals surface area contributed by atoms with Crippen molar-refractivity contribution in [1.29, 1.82) is 10.7 Å². The van der Waals surface area contributed by atoms with Crippen LogP contribution >= 0.6 is 0 Å². The smallest absolute Gasteiger partial charge is 0.141 e. The van der Waals surface area contributed by atoms with Crippen LogP contribution in [0.4, 0.5) is 5.69 Å². The number of allylic oxidation sites excluding steroid dienone is 4. The number of nitrogens with one attached hydrogen (secondary N) is 1. The third-order valence-corrected chi connectivity index (χ3v) is 8.39. The van der Waals surface area contributed by atoms with Gasteiger partial charge in [-0.1, -0.05) is 112 Å². The van der Waals surface area contributed by atoms with E-state index in [9.17, 15) is 5.26 Å². The molecule has 0 saturated heterocycles. The summed E-state index contributed by atoms with van der Waals surface area (Å²) in [7, 11) is 0. The minimum atomic E-state index is -0.305. The standard InChI is InChI=1S/C39H36N4/c1-5-15-29(6-2)33-23-34(30-16-11-9-12-17-30)37(35(24-33)31-18-13-10-14-19-31)43(27-41)38-36-22-28(26-40)20-21-32(36)25-39(7-3,8-4)42-38/h5-6,9-24,27,41H,1-2,7-8,25H2,3-4H3/b29-15+,41-27?. The second-order valence-corrected chi connectivity index (χ2v) is 10.7. The molecule has 0 spiro atoms. The Morgan fingerprint density at radius 2 is 1.51 bits per heavy atom. The van der Waals surface area contributed by atoms with E-state index >= 15 is 0 Å². The van der Waals surface area contributed by atoms with Gasteiger partial charge in [0.25, 0.3) is 0 Å². The van der Waals surface area contributed by atoms with E-state index < -0.39 is 0 Å². The zero-order valence-corrected chi connectivity index (χ0v) is 24.8. The van der Waals surface area contributed by atoms with Gasteiger partial charge in [-0.15, -0.1) is 0 Å². The summed E-state index contributed by atoms with van der Waals surface area (Å²) in [5.74, 6) is 0.685. The molecule has 5 rings (SSSR count). The molecular formula is C39H36N4. The first-order valence-electron chi connectivity index (χ1n) is 14.7. The van der Waals surface area contributed by atoms with E-state index in [0.717, 1.165) is 69.5 Å². The number of benzene rings is 4. The molecule has 1 heterocycles. The summed E-state index contributed by atoms with van der Waals surface area (Å²) in [5.41, 5.74) is 9.06. The second-order valence-electron chi connectivity index (χ2n) is 10.7. The van der Waals surface area contributed by atoms with Crippen molar-refractivity contribution < 1.29 is 0 Å². The average Bonchev–Trinajstić information content (AvgIpc) is 3.07. The molecule has 0 saturated carbocycles. The lowest BCUT2D eigenvalue weighted by molar-refractivity contribution is 0.391. The average molecular weight is 561 g/mol. The fraction of sp³-hybridized carbons (Fsp3) is 0.154. The molecule has 1 N–H and O–H groups in total. The van der Waals surface area contributed by atoms with Gasteiger partial charge in [-0.25, -0.2) is 0 Å². The SMILES string of the molecule is C=C/C=C(\C=C)c1cc(-c2ccccc2)c(N(C=N)C2=NC(CC)(CC)Cc3ccc(C#N)cc32)c(-c2ccccc2)c1. The highest BCUT2D eigenvalue weighted by molar-refractivity contribution is 6.23. The fourth-order valence-corrected chi connectivity index (χ4v) is 5.91. The Kier molecular flexibility index (Phi) is 8.64. The topological polar surface area (TPSA) is 63.2 Å². The Balaban J connectivity index is 1.91. The van der Waals surface area contributed by atoms with E-state index in [2.05, 4.69) is 75.5 Å². The summed E-state index contributed by atoms with van der Waals surface area (Å²) in [5, 5.41) is 18.7. The van der Waals surface area contributed by atoms with Crippen LogP contribution in [0.3, 0.4) is 0 Å². The molecule has 0 bridgehead atoms. The van der Waals surface area contributed by atoms with Crippen molar-refractivity contribution in [2.24, 2.45) is 4.99 Å². The molecule has 0 aliphatic carbocycles. The molecule has 1 aliphatic heterocycles. The van der Waals surface area contributed by atoms with E-state index in [-0.39, 0.29) is 5.54 Å². The number of hydrogen-bond acceptors (Lipinski definition) is 3. The molecule has 1 aliphatic rings. The van der Waals surface area contributed by atoms with Gasteiger partial charge in [0.05, 0.1) is 29.2 Å². The number of anilines is 1. The summed E-state index contributed by atoms with van der Waals surface area (Å²) in [6.07, 6.45) is 9.46. The van der Waals surface area contributed by atoms with Gasteiger partial charge < -0.3 is 0 Å². The van der Waals surface area contributed by atoms with Crippen LogP contribution in [-0.4, -0.2) is 17.7 Å². The van der Waals surface area contributed by atoms with Crippen molar-refractivity contribution in [3.05, 3.63) is 145 Å². The van der Waals surface area contributed by atoms with Gasteiger partial charge in [0.1, 0.15) is 5.84 Å². The molecule has 0 aromatic heterocycles. The second kappa shape index (κ2) is 12.7. The lowest BCUT2D eigenvalue weighted by atomic mass is 9.81. The summed E-state index contributed by atoms with van der Waals surface area (Å²) < 4.78 is 0. The molecule has 0 amide bonds. The third-order valence-electron chi connectivity index (χ3n) is 8.39. The van der Waals surface area contributed by atoms with Gasteiger partial charge in [0.2, 0.25) is 0 Å². The quantitative estimate of drug-likeness (QED) is 0.126. The van der Waals surface area contributed by atoms with E-state index in [1.807, 2.05) is 65.6 Å². The number of hydrogen-bond donors (Lipinski definition) is 1. The van der Waals surface area contributed by atoms with Crippen LogP contribution in [0.1, 0.15) is 48.9 Å². The fourth-order valence-electron chi connectivity index (χ4n) is 5.91. The van der Waals surface area contributed by atoms with Gasteiger partial charge in [0, 0.05) is 16.7 Å². The maximum absolute atomic E-state index is 9.80. The monoisotopic (exact) mass is 560 g/mol. The Bertz CT molecular complexity index is 1710. The van der Waals surface area contributed by atoms with Gasteiger partial charge in [-0.05, 0) is 71.4 Å². The molecule has 4 aromatic rings. The van der Waals surface area contributed by atoms with Crippen LogP contribution in [0.2, 0.25) is 0 Å². The lowest BCUT2D eigenvalue weighted by Crippen LogP contribution is -2.41. The Morgan fingerprint density at radius 1 is 0.907 bits per heavy atom. The molecule has 4 aromatic carbocycles. The zero-order valence-electron chi connectivity index (χ0n) is 24.8. The van der Waals surface area contributed by atoms with Gasteiger partial charge >= 0.3 is 0 Å². The van der Waals surface area contributed by atoms with Crippen LogP contribution < -0.4 is 4.90 Å². The van der Waals surface area contributed by atoms with E-state index in [4.69, 9.17) is 10.4 Å². The Hall–Kier alpha value is -5.27. The van der Waals surface area contributed by atoms with E-state index in [1.165, 1.54) is 6.34 Å². The predicted molar refractivity (Wildman–Crippen MR) is 182 cm³/mol. The van der Waals surface area contributed by atoms with Crippen molar-refractivity contribution in [2.75, 3.05) is 4.90 Å². The number of nitrogens with zero attached hydrogens (tertiary/aromatic N) is 3. The molecule has 0 unspecified atom stereocenters. The lowest BCUT2D eigenvalue weighted by Gasteiger charge is -2.38. The van der Waals surface area contributed by atoms with Gasteiger partial charge in [-0.3, -0.25) is 15.3 Å². The highest BCUT2D eigenvalue weighted by Crippen LogP contribution is 2.44. The van der Waals surface area contributed by atoms with Crippen molar-refractivity contribution in [3.63, 3.8) is 0 Å². The van der Waals surface area contributed by atoms with Gasteiger partial charge in [-0.2, -0.15) is 5.26 Å². The molecule has 0 fully saturated rings. The van der Waals surface area contributed by atoms with Crippen molar-refractivity contribution in [2.45, 2.75) is 38.6 Å². The number of amidine groups is 1. The van der Waals surface area contributed by atoms with Crippen molar-refractivity contribution in [3.8, 4) is 28.3 Å². The summed E-state index contributed by atoms with van der Waals surface area (Å²) in [4.78, 5) is 7.34. The van der Waals surface area contributed by atoms with Crippen LogP contribution in [0.25, 0.3) is 27.8 Å². The predicted octanol–water partition coefficient (Wildman–Crippen LogP) is 9.62. The van der Waals surface area contributed by atoms with Crippen LogP contribution in [-0.2, 0) is 6.42 Å². The molecule has 4 heteroatoms. The molecule has 0 atom stereocenters. The minimum Gasteiger partial charge on any atom is -0.291 e. The van der Waals surface area contributed by atoms with Crippen molar-refractivity contribution >= 4 is 23.4 Å². The van der Waals surface area contributed by atoms with Gasteiger partial charge in [0.15, 0.2) is 0 Å². The number of fused-ring (bicyclic) bond motifs is 1. The van der Waals surface area contributed by atoms with Crippen LogP contribution in [0.5, 0.6) is 0 Å². The highest BCUT2D eigenvalue weighted by atomic mass is 15.2. The summed E-state index contributed by atoms with van der Waals surface area (Å²) in [6, 6.07) is 33.0. The first-order valence-corrected chi connectivity index (χ1v) is 14.7. The normalized spacial score (nSPS) is 13.7.